The predicted octanol–water partition coefficient (Wildman–Crippen LogP) is 1.56. The largest absolute Gasteiger partial charge is 0.384 e. The van der Waals surface area contributed by atoms with E-state index >= 15 is 0 Å². The number of nitrogens with one attached hydrogen (secondary N) is 1. The molecule has 0 atom stereocenters. The summed E-state index contributed by atoms with van der Waals surface area (Å²) in [6.07, 6.45) is 4.84. The molecule has 94 valence electrons. The Bertz CT molecular complexity index is 732. The maximum Gasteiger partial charge on any atom is 0.259 e. The van der Waals surface area contributed by atoms with Crippen LogP contribution in [0.3, 0.4) is 0 Å². The van der Waals surface area contributed by atoms with E-state index in [0.717, 1.165) is 5.52 Å². The average molecular weight is 253 g/mol. The number of nitrogen functional groups attached to an aromatic ring is 1. The lowest BCUT2D eigenvalue weighted by atomic mass is 10.2. The number of nitrogens with zero attached hydrogens (tertiary/aromatic N) is 3. The van der Waals surface area contributed by atoms with Gasteiger partial charge in [-0.25, -0.2) is 9.50 Å². The minimum atomic E-state index is -0.229. The zero-order valence-electron chi connectivity index (χ0n) is 9.95. The van der Waals surface area contributed by atoms with Gasteiger partial charge in [0.25, 0.3) is 5.91 Å². The third-order valence-electron chi connectivity index (χ3n) is 2.72. The maximum absolute atomic E-state index is 12.2. The number of amides is 1. The molecule has 0 saturated carbocycles. The van der Waals surface area contributed by atoms with Crippen LogP contribution in [0.2, 0.25) is 0 Å². The van der Waals surface area contributed by atoms with Gasteiger partial charge in [0.2, 0.25) is 0 Å². The topological polar surface area (TPSA) is 85.3 Å². The first kappa shape index (κ1) is 11.2. The van der Waals surface area contributed by atoms with E-state index in [2.05, 4.69) is 15.4 Å². The van der Waals surface area contributed by atoms with Crippen molar-refractivity contribution in [2.75, 3.05) is 11.1 Å². The average Bonchev–Trinajstić information content (AvgIpc) is 2.85. The summed E-state index contributed by atoms with van der Waals surface area (Å²) in [7, 11) is 0. The number of carbonyl (C=O) groups excluding carboxylic acids is 1. The van der Waals surface area contributed by atoms with Gasteiger partial charge >= 0.3 is 0 Å². The third-order valence-corrected chi connectivity index (χ3v) is 2.72. The Morgan fingerprint density at radius 2 is 2.11 bits per heavy atom. The zero-order valence-corrected chi connectivity index (χ0v) is 9.95. The Balaban J connectivity index is 1.90. The second kappa shape index (κ2) is 4.41. The molecule has 1 amide bonds. The quantitative estimate of drug-likeness (QED) is 0.725. The lowest BCUT2D eigenvalue weighted by Gasteiger charge is -2.03. The number of anilines is 2. The molecule has 19 heavy (non-hydrogen) atoms. The van der Waals surface area contributed by atoms with Crippen LogP contribution in [-0.4, -0.2) is 20.5 Å². The highest BCUT2D eigenvalue weighted by molar-refractivity contribution is 6.08. The minimum absolute atomic E-state index is 0.229. The number of hydrogen-bond acceptors (Lipinski definition) is 4. The molecule has 3 aromatic rings. The van der Waals surface area contributed by atoms with Crippen LogP contribution in [0.1, 0.15) is 10.4 Å². The molecule has 6 heteroatoms. The van der Waals surface area contributed by atoms with Crippen molar-refractivity contribution in [1.82, 2.24) is 14.6 Å². The number of carbonyl (C=O) groups is 1. The molecule has 0 unspecified atom stereocenters. The van der Waals surface area contributed by atoms with Crippen LogP contribution >= 0.6 is 0 Å². The van der Waals surface area contributed by atoms with Crippen molar-refractivity contribution in [1.29, 1.82) is 0 Å². The Kier molecular flexibility index (Phi) is 2.60. The van der Waals surface area contributed by atoms with Crippen LogP contribution in [-0.2, 0) is 0 Å². The Morgan fingerprint density at radius 3 is 2.89 bits per heavy atom. The molecule has 0 bridgehead atoms. The smallest absolute Gasteiger partial charge is 0.259 e. The van der Waals surface area contributed by atoms with E-state index in [1.54, 1.807) is 22.8 Å². The summed E-state index contributed by atoms with van der Waals surface area (Å²) < 4.78 is 1.65. The van der Waals surface area contributed by atoms with Crippen LogP contribution in [0.5, 0.6) is 0 Å². The molecule has 0 spiro atoms. The van der Waals surface area contributed by atoms with Crippen molar-refractivity contribution < 1.29 is 4.79 Å². The summed E-state index contributed by atoms with van der Waals surface area (Å²) in [5.74, 6) is 0.182. The summed E-state index contributed by atoms with van der Waals surface area (Å²) in [5.41, 5.74) is 7.35. The van der Waals surface area contributed by atoms with Crippen molar-refractivity contribution >= 4 is 22.9 Å². The van der Waals surface area contributed by atoms with E-state index < -0.39 is 0 Å². The van der Waals surface area contributed by atoms with E-state index in [0.29, 0.717) is 17.1 Å². The monoisotopic (exact) mass is 253 g/mol. The fourth-order valence-corrected chi connectivity index (χ4v) is 1.79. The van der Waals surface area contributed by atoms with Gasteiger partial charge < -0.3 is 11.1 Å². The first-order valence-corrected chi connectivity index (χ1v) is 5.69. The fourth-order valence-electron chi connectivity index (χ4n) is 1.79. The molecule has 3 aromatic heterocycles. The Hall–Kier alpha value is -2.89. The van der Waals surface area contributed by atoms with Crippen LogP contribution in [0.25, 0.3) is 5.52 Å². The lowest BCUT2D eigenvalue weighted by Crippen LogP contribution is -2.11. The number of fused-ring (bicyclic) bond motifs is 1. The molecule has 0 aromatic carbocycles. The molecule has 3 rings (SSSR count). The first-order valence-electron chi connectivity index (χ1n) is 5.69. The van der Waals surface area contributed by atoms with Crippen molar-refractivity contribution in [3.8, 4) is 0 Å². The van der Waals surface area contributed by atoms with Crippen LogP contribution in [0.15, 0.2) is 48.9 Å². The lowest BCUT2D eigenvalue weighted by molar-refractivity contribution is 0.102. The molecule has 0 fully saturated rings. The van der Waals surface area contributed by atoms with Crippen molar-refractivity contribution in [2.24, 2.45) is 0 Å². The van der Waals surface area contributed by atoms with Gasteiger partial charge in [-0.1, -0.05) is 6.07 Å². The highest BCUT2D eigenvalue weighted by Gasteiger charge is 2.12. The van der Waals surface area contributed by atoms with Crippen molar-refractivity contribution in [2.45, 2.75) is 0 Å². The third kappa shape index (κ3) is 2.11. The first-order chi connectivity index (χ1) is 9.24. The summed E-state index contributed by atoms with van der Waals surface area (Å²) >= 11 is 0. The van der Waals surface area contributed by atoms with Crippen LogP contribution < -0.4 is 11.1 Å². The maximum atomic E-state index is 12.2. The summed E-state index contributed by atoms with van der Waals surface area (Å²) in [6.45, 7) is 0. The van der Waals surface area contributed by atoms with Gasteiger partial charge in [-0.05, 0) is 24.3 Å². The molecule has 0 aliphatic carbocycles. The van der Waals surface area contributed by atoms with E-state index in [9.17, 15) is 4.79 Å². The van der Waals surface area contributed by atoms with E-state index in [1.165, 1.54) is 12.4 Å². The Morgan fingerprint density at radius 1 is 1.21 bits per heavy atom. The molecular weight excluding hydrogens is 242 g/mol. The molecule has 0 aliphatic heterocycles. The van der Waals surface area contributed by atoms with Crippen LogP contribution in [0, 0.1) is 0 Å². The second-order valence-electron chi connectivity index (χ2n) is 4.01. The standard InChI is InChI=1S/C13H11N5O/c14-12-5-4-9(7-15-12)17-13(19)10-8-16-18-6-2-1-3-11(10)18/h1-8H,(H2,14,15)(H,17,19). The van der Waals surface area contributed by atoms with E-state index in [4.69, 9.17) is 5.73 Å². The zero-order chi connectivity index (χ0) is 13.2. The van der Waals surface area contributed by atoms with Gasteiger partial charge in [0, 0.05) is 6.20 Å². The Labute approximate surface area is 108 Å². The molecule has 3 N–H and O–H groups in total. The molecule has 6 nitrogen and oxygen atoms in total. The normalized spacial score (nSPS) is 10.5. The molecule has 0 radical (unpaired) electrons. The van der Waals surface area contributed by atoms with Gasteiger partial charge in [-0.15, -0.1) is 0 Å². The van der Waals surface area contributed by atoms with Gasteiger partial charge in [-0.3, -0.25) is 4.79 Å². The number of nitrogens with two attached hydrogens (primary N) is 1. The summed E-state index contributed by atoms with van der Waals surface area (Å²) in [4.78, 5) is 16.1. The second-order valence-corrected chi connectivity index (χ2v) is 4.01. The van der Waals surface area contributed by atoms with Crippen LogP contribution in [0.4, 0.5) is 11.5 Å². The number of hydrogen-bond donors (Lipinski definition) is 2. The number of pyridine rings is 2. The number of rotatable bonds is 2. The SMILES string of the molecule is Nc1ccc(NC(=O)c2cnn3ccccc23)cn1. The predicted molar refractivity (Wildman–Crippen MR) is 71.8 cm³/mol. The summed E-state index contributed by atoms with van der Waals surface area (Å²) in [5, 5.41) is 6.87. The molecule has 3 heterocycles. The number of aromatic nitrogens is 3. The van der Waals surface area contributed by atoms with Gasteiger partial charge in [0.1, 0.15) is 5.82 Å². The van der Waals surface area contributed by atoms with Gasteiger partial charge in [0.05, 0.1) is 29.2 Å². The van der Waals surface area contributed by atoms with Gasteiger partial charge in [0.15, 0.2) is 0 Å². The van der Waals surface area contributed by atoms with Crippen molar-refractivity contribution in [3.05, 3.63) is 54.5 Å². The minimum Gasteiger partial charge on any atom is -0.384 e. The summed E-state index contributed by atoms with van der Waals surface area (Å²) in [6, 6.07) is 8.88. The molecule has 0 saturated heterocycles. The van der Waals surface area contributed by atoms with Crippen molar-refractivity contribution in [3.63, 3.8) is 0 Å². The highest BCUT2D eigenvalue weighted by atomic mass is 16.1. The highest BCUT2D eigenvalue weighted by Crippen LogP contribution is 2.13. The molecule has 0 aliphatic rings. The van der Waals surface area contributed by atoms with E-state index in [-0.39, 0.29) is 5.91 Å². The fraction of sp³-hybridized carbons (Fsp3) is 0. The van der Waals surface area contributed by atoms with Gasteiger partial charge in [-0.2, -0.15) is 5.10 Å². The van der Waals surface area contributed by atoms with E-state index in [1.807, 2.05) is 18.2 Å². The molecular formula is C13H11N5O.